The van der Waals surface area contributed by atoms with Gasteiger partial charge in [-0.2, -0.15) is 5.26 Å². The molecule has 1 amide bonds. The van der Waals surface area contributed by atoms with Gasteiger partial charge in [-0.05, 0) is 43.3 Å². The molecule has 31 heavy (non-hydrogen) atoms. The maximum absolute atomic E-state index is 12.9. The fraction of sp³-hybridized carbons (Fsp3) is 0.0833. The summed E-state index contributed by atoms with van der Waals surface area (Å²) in [6.45, 7) is 1.83. The van der Waals surface area contributed by atoms with Crippen LogP contribution in [0.5, 0.6) is 0 Å². The molecule has 7 heteroatoms. The third-order valence-electron chi connectivity index (χ3n) is 5.07. The third-order valence-corrected chi connectivity index (χ3v) is 6.12. The minimum Gasteiger partial charge on any atom is -0.324 e. The first kappa shape index (κ1) is 19.1. The zero-order chi connectivity index (χ0) is 21.4. The Morgan fingerprint density at radius 3 is 2.55 bits per heavy atom. The summed E-state index contributed by atoms with van der Waals surface area (Å²) in [6.07, 6.45) is 0. The van der Waals surface area contributed by atoms with E-state index in [1.54, 1.807) is 24.3 Å². The number of carbonyl (C=O) groups is 1. The van der Waals surface area contributed by atoms with Gasteiger partial charge in [0, 0.05) is 5.39 Å². The summed E-state index contributed by atoms with van der Waals surface area (Å²) in [5.74, 6) is -0.194. The van der Waals surface area contributed by atoms with Crippen LogP contribution in [-0.2, 0) is 4.79 Å². The lowest BCUT2D eigenvalue weighted by Gasteiger charge is -2.14. The first-order chi connectivity index (χ1) is 15.2. The molecule has 2 heterocycles. The Hall–Kier alpha value is -3.89. The van der Waals surface area contributed by atoms with Crippen molar-refractivity contribution in [1.29, 1.82) is 5.26 Å². The molecule has 6 nitrogen and oxygen atoms in total. The molecular weight excluding hydrogens is 406 g/mol. The van der Waals surface area contributed by atoms with Gasteiger partial charge in [-0.1, -0.05) is 48.2 Å². The van der Waals surface area contributed by atoms with Gasteiger partial charge in [0.05, 0.1) is 33.1 Å². The molecule has 150 valence electrons. The molecule has 0 saturated carbocycles. The number of aromatic nitrogens is 3. The van der Waals surface area contributed by atoms with Crippen LogP contribution in [0, 0.1) is 11.3 Å². The van der Waals surface area contributed by atoms with E-state index < -0.39 is 5.25 Å². The standard InChI is InChI=1S/C24H17N5OS/c1-15(23(30)27-18-10-4-2-8-16(18)14-25)31-24-28-19-11-5-3-9-17(19)22-26-20-12-6-7-13-21(20)29(22)24/h2-13,15H,1H3,(H,27,30). The van der Waals surface area contributed by atoms with Crippen molar-refractivity contribution >= 4 is 50.9 Å². The molecule has 5 aromatic rings. The lowest BCUT2D eigenvalue weighted by Crippen LogP contribution is -2.23. The van der Waals surface area contributed by atoms with E-state index >= 15 is 0 Å². The van der Waals surface area contributed by atoms with Gasteiger partial charge in [-0.15, -0.1) is 0 Å². The smallest absolute Gasteiger partial charge is 0.237 e. The first-order valence-electron chi connectivity index (χ1n) is 9.78. The van der Waals surface area contributed by atoms with E-state index in [9.17, 15) is 10.1 Å². The molecule has 3 aromatic carbocycles. The van der Waals surface area contributed by atoms with Crippen LogP contribution in [0.2, 0.25) is 0 Å². The molecule has 0 saturated heterocycles. The highest BCUT2D eigenvalue weighted by molar-refractivity contribution is 8.00. The van der Waals surface area contributed by atoms with Crippen molar-refractivity contribution in [3.63, 3.8) is 0 Å². The van der Waals surface area contributed by atoms with E-state index in [1.165, 1.54) is 11.8 Å². The SMILES string of the molecule is CC(Sc1nc2ccccc2c2nc3ccccc3n12)C(=O)Nc1ccccc1C#N. The van der Waals surface area contributed by atoms with Crippen LogP contribution in [0.1, 0.15) is 12.5 Å². The Kier molecular flexibility index (Phi) is 4.77. The largest absolute Gasteiger partial charge is 0.324 e. The third kappa shape index (κ3) is 3.37. The molecule has 1 N–H and O–H groups in total. The lowest BCUT2D eigenvalue weighted by atomic mass is 10.2. The average molecular weight is 424 g/mol. The van der Waals surface area contributed by atoms with Crippen molar-refractivity contribution in [1.82, 2.24) is 14.4 Å². The predicted octanol–water partition coefficient (Wildman–Crippen LogP) is 5.03. The van der Waals surface area contributed by atoms with Gasteiger partial charge >= 0.3 is 0 Å². The van der Waals surface area contributed by atoms with E-state index in [0.29, 0.717) is 16.4 Å². The van der Waals surface area contributed by atoms with E-state index in [1.807, 2.05) is 59.9 Å². The normalized spacial score (nSPS) is 12.1. The number of nitrogens with one attached hydrogen (secondary N) is 1. The van der Waals surface area contributed by atoms with Crippen LogP contribution in [0.4, 0.5) is 5.69 Å². The van der Waals surface area contributed by atoms with Gasteiger partial charge in [0.2, 0.25) is 5.91 Å². The van der Waals surface area contributed by atoms with Crippen LogP contribution in [0.3, 0.4) is 0 Å². The second kappa shape index (κ2) is 7.74. The number of anilines is 1. The Balaban J connectivity index is 1.56. The van der Waals surface area contributed by atoms with Gasteiger partial charge in [0.15, 0.2) is 5.16 Å². The molecule has 0 aliphatic rings. The number of thioether (sulfide) groups is 1. The van der Waals surface area contributed by atoms with Crippen molar-refractivity contribution < 1.29 is 4.79 Å². The second-order valence-electron chi connectivity index (χ2n) is 7.08. The summed E-state index contributed by atoms with van der Waals surface area (Å²) in [4.78, 5) is 22.6. The zero-order valence-corrected chi connectivity index (χ0v) is 17.4. The minimum absolute atomic E-state index is 0.194. The number of nitrogens with zero attached hydrogens (tertiary/aromatic N) is 4. The summed E-state index contributed by atoms with van der Waals surface area (Å²) >= 11 is 1.37. The van der Waals surface area contributed by atoms with Crippen molar-refractivity contribution in [2.75, 3.05) is 5.32 Å². The van der Waals surface area contributed by atoms with Gasteiger partial charge in [0.25, 0.3) is 0 Å². The quantitative estimate of drug-likeness (QED) is 0.324. The van der Waals surface area contributed by atoms with Crippen LogP contribution < -0.4 is 5.32 Å². The minimum atomic E-state index is -0.440. The highest BCUT2D eigenvalue weighted by atomic mass is 32.2. The number of nitriles is 1. The van der Waals surface area contributed by atoms with Crippen molar-refractivity contribution in [2.45, 2.75) is 17.3 Å². The van der Waals surface area contributed by atoms with Crippen molar-refractivity contribution in [3.8, 4) is 6.07 Å². The number of para-hydroxylation sites is 4. The van der Waals surface area contributed by atoms with E-state index in [2.05, 4.69) is 11.4 Å². The molecule has 0 fully saturated rings. The lowest BCUT2D eigenvalue weighted by molar-refractivity contribution is -0.115. The summed E-state index contributed by atoms with van der Waals surface area (Å²) in [6, 6.07) is 24.8. The van der Waals surface area contributed by atoms with Crippen LogP contribution in [0.25, 0.3) is 27.6 Å². The van der Waals surface area contributed by atoms with Crippen LogP contribution in [0.15, 0.2) is 78.0 Å². The molecular formula is C24H17N5OS. The first-order valence-corrected chi connectivity index (χ1v) is 10.7. The molecule has 0 spiro atoms. The topological polar surface area (TPSA) is 83.1 Å². The van der Waals surface area contributed by atoms with Gasteiger partial charge in [-0.25, -0.2) is 9.97 Å². The monoisotopic (exact) mass is 423 g/mol. The molecule has 1 atom stereocenters. The number of imidazole rings is 1. The van der Waals surface area contributed by atoms with E-state index in [-0.39, 0.29) is 5.91 Å². The number of rotatable bonds is 4. The molecule has 0 bridgehead atoms. The highest BCUT2D eigenvalue weighted by Gasteiger charge is 2.21. The van der Waals surface area contributed by atoms with Crippen LogP contribution >= 0.6 is 11.8 Å². The maximum Gasteiger partial charge on any atom is 0.237 e. The van der Waals surface area contributed by atoms with Gasteiger partial charge in [0.1, 0.15) is 11.7 Å². The number of amides is 1. The van der Waals surface area contributed by atoms with Gasteiger partial charge < -0.3 is 5.32 Å². The number of benzene rings is 3. The summed E-state index contributed by atoms with van der Waals surface area (Å²) in [5, 5.41) is 13.4. The fourth-order valence-electron chi connectivity index (χ4n) is 3.53. The average Bonchev–Trinajstić information content (AvgIpc) is 3.19. The molecule has 0 radical (unpaired) electrons. The number of fused-ring (bicyclic) bond motifs is 5. The number of hydrogen-bond acceptors (Lipinski definition) is 5. The molecule has 0 aliphatic carbocycles. The zero-order valence-electron chi connectivity index (χ0n) is 16.6. The molecule has 0 aliphatic heterocycles. The van der Waals surface area contributed by atoms with Gasteiger partial charge in [-0.3, -0.25) is 9.20 Å². The molecule has 1 unspecified atom stereocenters. The summed E-state index contributed by atoms with van der Waals surface area (Å²) < 4.78 is 2.01. The van der Waals surface area contributed by atoms with E-state index in [0.717, 1.165) is 27.6 Å². The maximum atomic E-state index is 12.9. The Morgan fingerprint density at radius 2 is 1.71 bits per heavy atom. The van der Waals surface area contributed by atoms with E-state index in [4.69, 9.17) is 9.97 Å². The predicted molar refractivity (Wildman–Crippen MR) is 123 cm³/mol. The van der Waals surface area contributed by atoms with Crippen molar-refractivity contribution in [3.05, 3.63) is 78.4 Å². The number of hydrogen-bond donors (Lipinski definition) is 1. The Morgan fingerprint density at radius 1 is 1.00 bits per heavy atom. The number of carbonyl (C=O) groups excluding carboxylic acids is 1. The summed E-state index contributed by atoms with van der Waals surface area (Å²) in [7, 11) is 0. The highest BCUT2D eigenvalue weighted by Crippen LogP contribution is 2.31. The fourth-order valence-corrected chi connectivity index (χ4v) is 4.45. The Labute approximate surface area is 182 Å². The summed E-state index contributed by atoms with van der Waals surface area (Å²) in [5.41, 5.74) is 4.40. The Bertz CT molecular complexity index is 1500. The second-order valence-corrected chi connectivity index (χ2v) is 8.39. The molecule has 2 aromatic heterocycles. The van der Waals surface area contributed by atoms with Crippen molar-refractivity contribution in [2.24, 2.45) is 0 Å². The molecule has 5 rings (SSSR count). The van der Waals surface area contributed by atoms with Crippen LogP contribution in [-0.4, -0.2) is 25.5 Å².